The van der Waals surface area contributed by atoms with E-state index in [1.54, 1.807) is 28.8 Å². The first-order valence-electron chi connectivity index (χ1n) is 8.78. The van der Waals surface area contributed by atoms with E-state index in [2.05, 4.69) is 16.4 Å². The van der Waals surface area contributed by atoms with Gasteiger partial charge in [0.05, 0.1) is 25.1 Å². The molecule has 1 unspecified atom stereocenters. The van der Waals surface area contributed by atoms with Gasteiger partial charge in [0.25, 0.3) is 0 Å². The lowest BCUT2D eigenvalue weighted by Gasteiger charge is -2.34. The van der Waals surface area contributed by atoms with Gasteiger partial charge in [-0.15, -0.1) is 11.3 Å². The van der Waals surface area contributed by atoms with Gasteiger partial charge in [-0.05, 0) is 32.0 Å². The predicted molar refractivity (Wildman–Crippen MR) is 101 cm³/mol. The standard InChI is InChI=1S/C18H25N5O2S/c1-21(2)8-6-17(24)22-11-14-10-19-13-23(14)16(12-22)18(25)20-7-5-15-4-3-9-26-15/h3-4,9-10,13,16H,5-8,11-12H2,1-2H3,(H,20,25). The summed E-state index contributed by atoms with van der Waals surface area (Å²) in [6, 6.07) is 3.65. The lowest BCUT2D eigenvalue weighted by Crippen LogP contribution is -2.47. The van der Waals surface area contributed by atoms with Gasteiger partial charge in [-0.1, -0.05) is 6.07 Å². The van der Waals surface area contributed by atoms with Crippen LogP contribution < -0.4 is 5.32 Å². The molecule has 0 radical (unpaired) electrons. The number of carbonyl (C=O) groups is 2. The fourth-order valence-corrected chi connectivity index (χ4v) is 3.76. The normalized spacial score (nSPS) is 16.6. The molecule has 1 N–H and O–H groups in total. The third-order valence-electron chi connectivity index (χ3n) is 4.51. The van der Waals surface area contributed by atoms with Crippen LogP contribution in [0.15, 0.2) is 30.0 Å². The number of hydrogen-bond donors (Lipinski definition) is 1. The number of amides is 2. The Balaban J connectivity index is 1.61. The second-order valence-electron chi connectivity index (χ2n) is 6.76. The van der Waals surface area contributed by atoms with E-state index in [1.165, 1.54) is 4.88 Å². The van der Waals surface area contributed by atoms with Crippen LogP contribution in [0.3, 0.4) is 0 Å². The zero-order valence-corrected chi connectivity index (χ0v) is 16.0. The Morgan fingerprint density at radius 3 is 3.00 bits per heavy atom. The quantitative estimate of drug-likeness (QED) is 0.788. The van der Waals surface area contributed by atoms with E-state index in [9.17, 15) is 9.59 Å². The summed E-state index contributed by atoms with van der Waals surface area (Å²) in [5.41, 5.74) is 0.896. The fourth-order valence-electron chi connectivity index (χ4n) is 3.05. The Morgan fingerprint density at radius 1 is 1.42 bits per heavy atom. The van der Waals surface area contributed by atoms with Crippen LogP contribution in [0, 0.1) is 0 Å². The van der Waals surface area contributed by atoms with Crippen molar-refractivity contribution in [2.75, 3.05) is 33.7 Å². The number of carbonyl (C=O) groups excluding carboxylic acids is 2. The number of rotatable bonds is 7. The number of hydrogen-bond acceptors (Lipinski definition) is 5. The first-order valence-corrected chi connectivity index (χ1v) is 9.66. The molecule has 7 nitrogen and oxygen atoms in total. The van der Waals surface area contributed by atoms with Crippen molar-refractivity contribution in [2.24, 2.45) is 0 Å². The SMILES string of the molecule is CN(C)CCC(=O)N1Cc2cncn2C(C(=O)NCCc2cccs2)C1. The molecule has 8 heteroatoms. The van der Waals surface area contributed by atoms with Crippen LogP contribution in [0.4, 0.5) is 0 Å². The van der Waals surface area contributed by atoms with Crippen LogP contribution in [-0.2, 0) is 22.6 Å². The van der Waals surface area contributed by atoms with Crippen LogP contribution in [0.5, 0.6) is 0 Å². The minimum Gasteiger partial charge on any atom is -0.354 e. The molecule has 0 bridgehead atoms. The van der Waals surface area contributed by atoms with E-state index in [4.69, 9.17) is 0 Å². The minimum absolute atomic E-state index is 0.0640. The number of imidazole rings is 1. The highest BCUT2D eigenvalue weighted by atomic mass is 32.1. The summed E-state index contributed by atoms with van der Waals surface area (Å²) in [5, 5.41) is 5.04. The van der Waals surface area contributed by atoms with Crippen molar-refractivity contribution >= 4 is 23.2 Å². The molecule has 1 atom stereocenters. The van der Waals surface area contributed by atoms with E-state index >= 15 is 0 Å². The van der Waals surface area contributed by atoms with Gasteiger partial charge in [0, 0.05) is 30.6 Å². The molecule has 0 saturated heterocycles. The monoisotopic (exact) mass is 375 g/mol. The lowest BCUT2D eigenvalue weighted by molar-refractivity contribution is -0.135. The molecule has 3 rings (SSSR count). The molecule has 0 aliphatic carbocycles. The van der Waals surface area contributed by atoms with Crippen molar-refractivity contribution in [1.82, 2.24) is 24.7 Å². The zero-order chi connectivity index (χ0) is 18.5. The molecule has 0 aromatic carbocycles. The minimum atomic E-state index is -0.423. The van der Waals surface area contributed by atoms with Gasteiger partial charge in [-0.3, -0.25) is 9.59 Å². The molecule has 1 aliphatic heterocycles. The molecular weight excluding hydrogens is 350 g/mol. The van der Waals surface area contributed by atoms with Crippen LogP contribution in [0.2, 0.25) is 0 Å². The van der Waals surface area contributed by atoms with E-state index in [-0.39, 0.29) is 11.8 Å². The summed E-state index contributed by atoms with van der Waals surface area (Å²) in [5.74, 6) is 0.00783. The highest BCUT2D eigenvalue weighted by Gasteiger charge is 2.32. The third kappa shape index (κ3) is 4.50. The summed E-state index contributed by atoms with van der Waals surface area (Å²) < 4.78 is 1.89. The lowest BCUT2D eigenvalue weighted by atomic mass is 10.1. The van der Waals surface area contributed by atoms with Crippen molar-refractivity contribution < 1.29 is 9.59 Å². The number of fused-ring (bicyclic) bond motifs is 1. The maximum atomic E-state index is 12.7. The maximum Gasteiger partial charge on any atom is 0.244 e. The maximum absolute atomic E-state index is 12.7. The zero-order valence-electron chi connectivity index (χ0n) is 15.2. The highest BCUT2D eigenvalue weighted by Crippen LogP contribution is 2.22. The first-order chi connectivity index (χ1) is 12.5. The van der Waals surface area contributed by atoms with Crippen molar-refractivity contribution in [3.8, 4) is 0 Å². The Labute approximate surface area is 157 Å². The summed E-state index contributed by atoms with van der Waals surface area (Å²) in [6.45, 7) is 2.19. The van der Waals surface area contributed by atoms with Crippen molar-refractivity contribution in [2.45, 2.75) is 25.4 Å². The van der Waals surface area contributed by atoms with E-state index in [1.807, 2.05) is 35.0 Å². The van der Waals surface area contributed by atoms with Crippen molar-refractivity contribution in [3.05, 3.63) is 40.6 Å². The Hall–Kier alpha value is -2.19. The molecule has 140 valence electrons. The van der Waals surface area contributed by atoms with Crippen LogP contribution in [-0.4, -0.2) is 64.9 Å². The van der Waals surface area contributed by atoms with Crippen LogP contribution >= 0.6 is 11.3 Å². The van der Waals surface area contributed by atoms with Crippen LogP contribution in [0.25, 0.3) is 0 Å². The Morgan fingerprint density at radius 2 is 2.27 bits per heavy atom. The van der Waals surface area contributed by atoms with E-state index < -0.39 is 6.04 Å². The molecule has 3 heterocycles. The molecule has 1 aliphatic rings. The summed E-state index contributed by atoms with van der Waals surface area (Å²) in [6.07, 6.45) is 4.68. The van der Waals surface area contributed by atoms with Gasteiger partial charge in [0.2, 0.25) is 11.8 Å². The van der Waals surface area contributed by atoms with Gasteiger partial charge < -0.3 is 19.7 Å². The van der Waals surface area contributed by atoms with E-state index in [0.717, 1.165) is 12.1 Å². The molecule has 26 heavy (non-hydrogen) atoms. The highest BCUT2D eigenvalue weighted by molar-refractivity contribution is 7.09. The van der Waals surface area contributed by atoms with Crippen molar-refractivity contribution in [3.63, 3.8) is 0 Å². The molecule has 0 saturated carbocycles. The fraction of sp³-hybridized carbons (Fsp3) is 0.500. The summed E-state index contributed by atoms with van der Waals surface area (Å²) in [4.78, 5) is 34.4. The van der Waals surface area contributed by atoms with Gasteiger partial charge in [0.15, 0.2) is 0 Å². The van der Waals surface area contributed by atoms with Gasteiger partial charge in [0.1, 0.15) is 6.04 Å². The smallest absolute Gasteiger partial charge is 0.244 e. The third-order valence-corrected chi connectivity index (χ3v) is 5.44. The van der Waals surface area contributed by atoms with E-state index in [0.29, 0.717) is 32.6 Å². The molecular formula is C18H25N5O2S. The molecule has 2 amide bonds. The number of nitrogens with zero attached hydrogens (tertiary/aromatic N) is 4. The topological polar surface area (TPSA) is 70.5 Å². The Bertz CT molecular complexity index is 741. The second kappa shape index (κ2) is 8.46. The number of aromatic nitrogens is 2. The average Bonchev–Trinajstić information content (AvgIpc) is 3.29. The van der Waals surface area contributed by atoms with Crippen LogP contribution in [0.1, 0.15) is 23.0 Å². The van der Waals surface area contributed by atoms with Gasteiger partial charge in [-0.2, -0.15) is 0 Å². The second-order valence-corrected chi connectivity index (χ2v) is 7.79. The predicted octanol–water partition coefficient (Wildman–Crippen LogP) is 1.14. The number of thiophene rings is 1. The Kier molecular flexibility index (Phi) is 6.05. The summed E-state index contributed by atoms with van der Waals surface area (Å²) >= 11 is 1.69. The number of nitrogens with one attached hydrogen (secondary N) is 1. The molecule has 0 fully saturated rings. The van der Waals surface area contributed by atoms with Gasteiger partial charge >= 0.3 is 0 Å². The largest absolute Gasteiger partial charge is 0.354 e. The van der Waals surface area contributed by atoms with Crippen molar-refractivity contribution in [1.29, 1.82) is 0 Å². The molecule has 2 aromatic rings. The molecule has 2 aromatic heterocycles. The molecule has 0 spiro atoms. The summed E-state index contributed by atoms with van der Waals surface area (Å²) in [7, 11) is 3.89. The van der Waals surface area contributed by atoms with Gasteiger partial charge in [-0.25, -0.2) is 4.98 Å². The average molecular weight is 375 g/mol. The first kappa shape index (κ1) is 18.6.